The molecule has 0 spiro atoms. The molecule has 1 N–H and O–H groups in total. The van der Waals surface area contributed by atoms with E-state index in [1.165, 1.54) is 0 Å². The standard InChI is InChI=1S/C5H15N2OS/c1-7(2,3)4-5-8-6-9/h6,9H,4-5H2,1-3H3/q+1. The predicted molar refractivity (Wildman–Crippen MR) is 41.0 cm³/mol. The Morgan fingerprint density at radius 1 is 1.44 bits per heavy atom. The van der Waals surface area contributed by atoms with Gasteiger partial charge < -0.3 is 4.48 Å². The maximum absolute atomic E-state index is 4.81. The Balaban J connectivity index is 3.07. The molecule has 0 aromatic carbocycles. The molecule has 0 radical (unpaired) electrons. The Labute approximate surface area is 62.1 Å². The van der Waals surface area contributed by atoms with Gasteiger partial charge in [0.1, 0.15) is 13.2 Å². The Morgan fingerprint density at radius 2 is 2.00 bits per heavy atom. The van der Waals surface area contributed by atoms with Gasteiger partial charge >= 0.3 is 0 Å². The van der Waals surface area contributed by atoms with Gasteiger partial charge in [-0.2, -0.15) is 0 Å². The van der Waals surface area contributed by atoms with Gasteiger partial charge in [0.15, 0.2) is 0 Å². The van der Waals surface area contributed by atoms with Gasteiger partial charge in [-0.15, -0.1) is 4.89 Å². The summed E-state index contributed by atoms with van der Waals surface area (Å²) in [7, 11) is 6.34. The maximum Gasteiger partial charge on any atom is 0.118 e. The van der Waals surface area contributed by atoms with Crippen LogP contribution in [0.5, 0.6) is 0 Å². The van der Waals surface area contributed by atoms with Crippen molar-refractivity contribution in [2.24, 2.45) is 0 Å². The molecule has 0 bridgehead atoms. The van der Waals surface area contributed by atoms with E-state index in [-0.39, 0.29) is 0 Å². The Kier molecular flexibility index (Phi) is 4.22. The first-order valence-corrected chi connectivity index (χ1v) is 3.32. The van der Waals surface area contributed by atoms with Gasteiger partial charge in [0.2, 0.25) is 0 Å². The van der Waals surface area contributed by atoms with Crippen LogP contribution in [-0.2, 0) is 4.84 Å². The zero-order valence-electron chi connectivity index (χ0n) is 6.22. The van der Waals surface area contributed by atoms with E-state index >= 15 is 0 Å². The van der Waals surface area contributed by atoms with E-state index < -0.39 is 0 Å². The summed E-state index contributed by atoms with van der Waals surface area (Å²) in [5, 5.41) is 0. The van der Waals surface area contributed by atoms with E-state index in [1.807, 2.05) is 0 Å². The normalized spacial score (nSPS) is 12.0. The molecule has 0 saturated carbocycles. The van der Waals surface area contributed by atoms with Crippen LogP contribution in [-0.4, -0.2) is 38.8 Å². The molecule has 0 fully saturated rings. The third kappa shape index (κ3) is 8.23. The second kappa shape index (κ2) is 4.11. The van der Waals surface area contributed by atoms with Crippen molar-refractivity contribution < 1.29 is 9.32 Å². The van der Waals surface area contributed by atoms with Crippen molar-refractivity contribution in [1.29, 1.82) is 0 Å². The monoisotopic (exact) mass is 151 g/mol. The summed E-state index contributed by atoms with van der Waals surface area (Å²) < 4.78 is 0.912. The van der Waals surface area contributed by atoms with Crippen molar-refractivity contribution in [3.63, 3.8) is 0 Å². The number of nitrogens with one attached hydrogen (secondary N) is 1. The summed E-state index contributed by atoms with van der Waals surface area (Å²) in [6.45, 7) is 1.67. The molecule has 0 heterocycles. The summed E-state index contributed by atoms with van der Waals surface area (Å²) in [5.74, 6) is 0. The SMILES string of the molecule is C[N+](C)(C)CCONS. The first-order valence-electron chi connectivity index (χ1n) is 2.87. The average Bonchev–Trinajstić information content (AvgIpc) is 1.63. The number of quaternary nitrogens is 1. The quantitative estimate of drug-likeness (QED) is 0.256. The van der Waals surface area contributed by atoms with Gasteiger partial charge in [0.25, 0.3) is 0 Å². The number of likely N-dealkylation sites (N-methyl/N-ethyl adjacent to an activating group) is 1. The van der Waals surface area contributed by atoms with Crippen LogP contribution < -0.4 is 4.89 Å². The molecule has 3 nitrogen and oxygen atoms in total. The van der Waals surface area contributed by atoms with E-state index in [4.69, 9.17) is 4.84 Å². The second-order valence-corrected chi connectivity index (χ2v) is 3.14. The van der Waals surface area contributed by atoms with Crippen LogP contribution in [0.15, 0.2) is 0 Å². The Bertz CT molecular complexity index is 71.8. The fraction of sp³-hybridized carbons (Fsp3) is 1.00. The number of thiol groups is 1. The van der Waals surface area contributed by atoms with Crippen LogP contribution in [0.1, 0.15) is 0 Å². The summed E-state index contributed by atoms with van der Waals surface area (Å²) in [5.41, 5.74) is 0. The zero-order chi connectivity index (χ0) is 7.33. The molecular weight excluding hydrogens is 136 g/mol. The molecular formula is C5H15N2OS+. The third-order valence-corrected chi connectivity index (χ3v) is 1.06. The molecule has 0 atom stereocenters. The smallest absolute Gasteiger partial charge is 0.118 e. The lowest BCUT2D eigenvalue weighted by molar-refractivity contribution is -0.870. The highest BCUT2D eigenvalue weighted by Crippen LogP contribution is 1.87. The van der Waals surface area contributed by atoms with Crippen molar-refractivity contribution in [3.8, 4) is 0 Å². The second-order valence-electron chi connectivity index (χ2n) is 2.95. The van der Waals surface area contributed by atoms with Gasteiger partial charge in [-0.3, -0.25) is 4.84 Å². The average molecular weight is 151 g/mol. The van der Waals surface area contributed by atoms with Crippen LogP contribution in [0.3, 0.4) is 0 Å². The van der Waals surface area contributed by atoms with E-state index in [9.17, 15) is 0 Å². The fourth-order valence-electron chi connectivity index (χ4n) is 0.365. The molecule has 0 amide bonds. The molecule has 0 unspecified atom stereocenters. The van der Waals surface area contributed by atoms with Crippen LogP contribution >= 0.6 is 12.8 Å². The highest BCUT2D eigenvalue weighted by Gasteiger charge is 2.04. The maximum atomic E-state index is 4.81. The van der Waals surface area contributed by atoms with Crippen LogP contribution in [0.2, 0.25) is 0 Å². The molecule has 4 heteroatoms. The molecule has 0 rings (SSSR count). The van der Waals surface area contributed by atoms with Crippen molar-refractivity contribution in [2.45, 2.75) is 0 Å². The van der Waals surface area contributed by atoms with Gasteiger partial charge in [0, 0.05) is 0 Å². The molecule has 0 saturated heterocycles. The lowest BCUT2D eigenvalue weighted by Gasteiger charge is -2.22. The predicted octanol–water partition coefficient (Wildman–Crippen LogP) is 0.0586. The number of hydrogen-bond donors (Lipinski definition) is 2. The van der Waals surface area contributed by atoms with Crippen molar-refractivity contribution in [3.05, 3.63) is 0 Å². The topological polar surface area (TPSA) is 21.3 Å². The molecule has 0 aromatic heterocycles. The van der Waals surface area contributed by atoms with Gasteiger partial charge in [0.05, 0.1) is 21.1 Å². The van der Waals surface area contributed by atoms with E-state index in [0.29, 0.717) is 6.61 Å². The largest absolute Gasteiger partial charge is 0.329 e. The summed E-state index contributed by atoms with van der Waals surface area (Å²) in [6, 6.07) is 0. The number of rotatable bonds is 4. The summed E-state index contributed by atoms with van der Waals surface area (Å²) >= 11 is 3.67. The number of nitrogens with zero attached hydrogens (tertiary/aromatic N) is 1. The van der Waals surface area contributed by atoms with Crippen LogP contribution in [0.25, 0.3) is 0 Å². The third-order valence-electron chi connectivity index (χ3n) is 0.929. The molecule has 0 aromatic rings. The molecule has 56 valence electrons. The van der Waals surface area contributed by atoms with E-state index in [2.05, 4.69) is 38.8 Å². The van der Waals surface area contributed by atoms with Crippen molar-refractivity contribution in [2.75, 3.05) is 34.3 Å². The minimum atomic E-state index is 0.688. The van der Waals surface area contributed by atoms with Crippen LogP contribution in [0, 0.1) is 0 Å². The zero-order valence-corrected chi connectivity index (χ0v) is 7.11. The highest BCUT2D eigenvalue weighted by molar-refractivity contribution is 7.77. The lowest BCUT2D eigenvalue weighted by atomic mass is 10.5. The molecule has 0 aliphatic heterocycles. The molecule has 9 heavy (non-hydrogen) atoms. The lowest BCUT2D eigenvalue weighted by Crippen LogP contribution is -2.38. The van der Waals surface area contributed by atoms with Gasteiger partial charge in [-0.25, -0.2) is 0 Å². The first-order chi connectivity index (χ1) is 4.06. The minimum Gasteiger partial charge on any atom is -0.329 e. The Hall–Kier alpha value is 0.230. The Morgan fingerprint density at radius 3 is 2.33 bits per heavy atom. The van der Waals surface area contributed by atoms with Crippen LogP contribution in [0.4, 0.5) is 0 Å². The fourth-order valence-corrected chi connectivity index (χ4v) is 0.456. The molecule has 0 aliphatic rings. The first kappa shape index (κ1) is 9.23. The summed E-state index contributed by atoms with van der Waals surface area (Å²) in [4.78, 5) is 7.13. The van der Waals surface area contributed by atoms with E-state index in [0.717, 1.165) is 11.0 Å². The van der Waals surface area contributed by atoms with Gasteiger partial charge in [-0.1, -0.05) is 12.8 Å². The summed E-state index contributed by atoms with van der Waals surface area (Å²) in [6.07, 6.45) is 0. The molecule has 0 aliphatic carbocycles. The number of hydrogen-bond acceptors (Lipinski definition) is 3. The highest BCUT2D eigenvalue weighted by atomic mass is 32.1. The van der Waals surface area contributed by atoms with Gasteiger partial charge in [-0.05, 0) is 0 Å². The van der Waals surface area contributed by atoms with Crippen molar-refractivity contribution in [1.82, 2.24) is 4.89 Å². The van der Waals surface area contributed by atoms with E-state index in [1.54, 1.807) is 0 Å². The minimum absolute atomic E-state index is 0.688. The van der Waals surface area contributed by atoms with Crippen molar-refractivity contribution >= 4 is 12.8 Å².